The molecule has 0 atom stereocenters. The van der Waals surface area contributed by atoms with Crippen LogP contribution in [-0.2, 0) is 6.54 Å². The standard InChI is InChI=1S/C30H30ClN7O4/c1-17(2)33-30(40)25-26(34-29(39)23-14-24(42-5)35-38(23)28-22(31)7-6-12-32-28)18(3)13-20-16-37(36-27(20)25)15-19-8-10-21(41-4)11-9-19/h6-14,16-17H,15H2,1-5H3,(H,33,40)(H,34,39). The molecular formula is C30H30ClN7O4. The smallest absolute Gasteiger partial charge is 0.274 e. The molecule has 42 heavy (non-hydrogen) atoms. The Morgan fingerprint density at radius 2 is 1.79 bits per heavy atom. The summed E-state index contributed by atoms with van der Waals surface area (Å²) in [6, 6.07) is 14.2. The summed E-state index contributed by atoms with van der Waals surface area (Å²) in [7, 11) is 3.07. The van der Waals surface area contributed by atoms with E-state index in [1.54, 1.807) is 30.1 Å². The monoisotopic (exact) mass is 587 g/mol. The number of rotatable bonds is 9. The zero-order valence-corrected chi connectivity index (χ0v) is 24.6. The van der Waals surface area contributed by atoms with Gasteiger partial charge in [0.1, 0.15) is 17.0 Å². The van der Waals surface area contributed by atoms with Gasteiger partial charge in [0.05, 0.1) is 37.0 Å². The Morgan fingerprint density at radius 1 is 1.02 bits per heavy atom. The van der Waals surface area contributed by atoms with E-state index in [0.717, 1.165) is 16.7 Å². The van der Waals surface area contributed by atoms with E-state index in [4.69, 9.17) is 26.2 Å². The van der Waals surface area contributed by atoms with Crippen LogP contribution in [0.1, 0.15) is 45.8 Å². The number of ether oxygens (including phenoxy) is 2. The molecule has 0 radical (unpaired) electrons. The largest absolute Gasteiger partial charge is 0.497 e. The molecule has 0 bridgehead atoms. The van der Waals surface area contributed by atoms with Gasteiger partial charge in [-0.1, -0.05) is 23.7 Å². The number of halogens is 1. The summed E-state index contributed by atoms with van der Waals surface area (Å²) in [6.07, 6.45) is 3.43. The van der Waals surface area contributed by atoms with E-state index in [2.05, 4.69) is 20.7 Å². The molecule has 5 aromatic rings. The summed E-state index contributed by atoms with van der Waals surface area (Å²) in [5.41, 5.74) is 2.86. The number of hydrogen-bond acceptors (Lipinski definition) is 7. The maximum Gasteiger partial charge on any atom is 0.274 e. The van der Waals surface area contributed by atoms with Gasteiger partial charge in [0.15, 0.2) is 5.82 Å². The fraction of sp³-hybridized carbons (Fsp3) is 0.233. The van der Waals surface area contributed by atoms with E-state index in [-0.39, 0.29) is 34.9 Å². The summed E-state index contributed by atoms with van der Waals surface area (Å²) >= 11 is 6.36. The molecule has 2 N–H and O–H groups in total. The zero-order valence-electron chi connectivity index (χ0n) is 23.8. The van der Waals surface area contributed by atoms with E-state index >= 15 is 0 Å². The highest BCUT2D eigenvalue weighted by molar-refractivity contribution is 6.32. The number of aromatic nitrogens is 5. The van der Waals surface area contributed by atoms with Crippen LogP contribution in [0.5, 0.6) is 11.6 Å². The van der Waals surface area contributed by atoms with E-state index in [9.17, 15) is 9.59 Å². The van der Waals surface area contributed by atoms with Gasteiger partial charge in [-0.3, -0.25) is 14.3 Å². The van der Waals surface area contributed by atoms with Crippen molar-refractivity contribution in [2.24, 2.45) is 0 Å². The molecular weight excluding hydrogens is 558 g/mol. The lowest BCUT2D eigenvalue weighted by Gasteiger charge is -2.16. The summed E-state index contributed by atoms with van der Waals surface area (Å²) in [4.78, 5) is 31.6. The second-order valence-corrected chi connectivity index (χ2v) is 10.3. The second kappa shape index (κ2) is 11.9. The number of amides is 2. The lowest BCUT2D eigenvalue weighted by Crippen LogP contribution is -2.31. The van der Waals surface area contributed by atoms with Gasteiger partial charge in [-0.25, -0.2) is 9.67 Å². The number of nitrogens with zero attached hydrogens (tertiary/aromatic N) is 5. The van der Waals surface area contributed by atoms with Gasteiger partial charge in [0, 0.05) is 29.9 Å². The predicted molar refractivity (Wildman–Crippen MR) is 160 cm³/mol. The quantitative estimate of drug-likeness (QED) is 0.248. The number of fused-ring (bicyclic) bond motifs is 1. The van der Waals surface area contributed by atoms with Crippen LogP contribution in [0.15, 0.2) is 60.9 Å². The lowest BCUT2D eigenvalue weighted by atomic mass is 10.0. The topological polar surface area (TPSA) is 125 Å². The average molecular weight is 588 g/mol. The summed E-state index contributed by atoms with van der Waals surface area (Å²) in [5.74, 6) is 0.324. The molecule has 0 saturated carbocycles. The highest BCUT2D eigenvalue weighted by Crippen LogP contribution is 2.31. The van der Waals surface area contributed by atoms with Crippen molar-refractivity contribution in [3.63, 3.8) is 0 Å². The molecule has 2 amide bonds. The normalized spacial score (nSPS) is 11.1. The van der Waals surface area contributed by atoms with Crippen LogP contribution in [0.4, 0.5) is 5.69 Å². The Morgan fingerprint density at radius 3 is 2.45 bits per heavy atom. The number of pyridine rings is 1. The SMILES string of the molecule is COc1ccc(Cn2cc3cc(C)c(NC(=O)c4cc(OC)nn4-c4ncccc4Cl)c(C(=O)NC(C)C)c3n2)cc1. The summed E-state index contributed by atoms with van der Waals surface area (Å²) in [6.45, 7) is 6.05. The minimum atomic E-state index is -0.536. The Bertz CT molecular complexity index is 1780. The van der Waals surface area contributed by atoms with Gasteiger partial charge < -0.3 is 20.1 Å². The molecule has 0 aliphatic carbocycles. The van der Waals surface area contributed by atoms with Gasteiger partial charge in [-0.2, -0.15) is 5.10 Å². The molecule has 0 aliphatic heterocycles. The van der Waals surface area contributed by atoms with Gasteiger partial charge in [-0.05, 0) is 62.2 Å². The number of anilines is 1. The van der Waals surface area contributed by atoms with Crippen LogP contribution in [0, 0.1) is 6.92 Å². The number of carbonyl (C=O) groups excluding carboxylic acids is 2. The first kappa shape index (κ1) is 28.6. The van der Waals surface area contributed by atoms with Crippen molar-refractivity contribution in [1.29, 1.82) is 0 Å². The first-order valence-corrected chi connectivity index (χ1v) is 13.6. The van der Waals surface area contributed by atoms with Gasteiger partial charge in [-0.15, -0.1) is 5.10 Å². The van der Waals surface area contributed by atoms with E-state index < -0.39 is 5.91 Å². The molecule has 0 aliphatic rings. The third-order valence-corrected chi connectivity index (χ3v) is 6.80. The third-order valence-electron chi connectivity index (χ3n) is 6.50. The van der Waals surface area contributed by atoms with Crippen molar-refractivity contribution in [3.05, 3.63) is 88.3 Å². The molecule has 11 nitrogen and oxygen atoms in total. The van der Waals surface area contributed by atoms with Crippen molar-refractivity contribution >= 4 is 40.0 Å². The molecule has 12 heteroatoms. The maximum absolute atomic E-state index is 13.8. The van der Waals surface area contributed by atoms with E-state index in [0.29, 0.717) is 28.3 Å². The molecule has 3 heterocycles. The Balaban J connectivity index is 1.57. The van der Waals surface area contributed by atoms with Gasteiger partial charge >= 0.3 is 0 Å². The molecule has 3 aromatic heterocycles. The number of hydrogen-bond donors (Lipinski definition) is 2. The summed E-state index contributed by atoms with van der Waals surface area (Å²) < 4.78 is 13.6. The molecule has 5 rings (SSSR count). The Kier molecular flexibility index (Phi) is 8.12. The van der Waals surface area contributed by atoms with Crippen LogP contribution in [0.25, 0.3) is 16.7 Å². The number of carbonyl (C=O) groups is 2. The van der Waals surface area contributed by atoms with E-state index in [1.807, 2.05) is 57.3 Å². The highest BCUT2D eigenvalue weighted by atomic mass is 35.5. The van der Waals surface area contributed by atoms with Crippen LogP contribution >= 0.6 is 11.6 Å². The van der Waals surface area contributed by atoms with E-state index in [1.165, 1.54) is 17.9 Å². The highest BCUT2D eigenvalue weighted by Gasteiger charge is 2.26. The van der Waals surface area contributed by atoms with Crippen molar-refractivity contribution < 1.29 is 19.1 Å². The van der Waals surface area contributed by atoms with Crippen LogP contribution in [0.3, 0.4) is 0 Å². The first-order chi connectivity index (χ1) is 20.2. The Labute approximate surface area is 247 Å². The molecule has 216 valence electrons. The van der Waals surface area contributed by atoms with Crippen LogP contribution in [-0.4, -0.2) is 56.6 Å². The number of methoxy groups -OCH3 is 2. The molecule has 0 spiro atoms. The predicted octanol–water partition coefficient (Wildman–Crippen LogP) is 5.03. The van der Waals surface area contributed by atoms with Crippen molar-refractivity contribution in [2.45, 2.75) is 33.4 Å². The first-order valence-electron chi connectivity index (χ1n) is 13.2. The third kappa shape index (κ3) is 5.77. The lowest BCUT2D eigenvalue weighted by molar-refractivity contribution is 0.0945. The molecule has 0 saturated heterocycles. The zero-order chi connectivity index (χ0) is 30.0. The molecule has 0 fully saturated rings. The van der Waals surface area contributed by atoms with Crippen molar-refractivity contribution in [3.8, 4) is 17.4 Å². The average Bonchev–Trinajstić information content (AvgIpc) is 3.57. The molecule has 2 aromatic carbocycles. The fourth-order valence-corrected chi connectivity index (χ4v) is 4.77. The minimum absolute atomic E-state index is 0.118. The van der Waals surface area contributed by atoms with Crippen molar-refractivity contribution in [1.82, 2.24) is 29.9 Å². The summed E-state index contributed by atoms with van der Waals surface area (Å²) in [5, 5.41) is 16.0. The van der Waals surface area contributed by atoms with Crippen LogP contribution in [0.2, 0.25) is 5.02 Å². The number of benzene rings is 2. The Hall–Kier alpha value is -4.90. The number of aryl methyl sites for hydroxylation is 1. The fourth-order valence-electron chi connectivity index (χ4n) is 4.57. The molecule has 0 unspecified atom stereocenters. The van der Waals surface area contributed by atoms with Gasteiger partial charge in [0.2, 0.25) is 5.88 Å². The number of nitrogens with one attached hydrogen (secondary N) is 2. The van der Waals surface area contributed by atoms with Crippen LogP contribution < -0.4 is 20.1 Å². The van der Waals surface area contributed by atoms with Gasteiger partial charge in [0.25, 0.3) is 11.8 Å². The maximum atomic E-state index is 13.8. The second-order valence-electron chi connectivity index (χ2n) is 9.93. The van der Waals surface area contributed by atoms with Crippen molar-refractivity contribution in [2.75, 3.05) is 19.5 Å². The minimum Gasteiger partial charge on any atom is -0.497 e.